The van der Waals surface area contributed by atoms with E-state index in [0.717, 1.165) is 23.8 Å². The number of piperazine rings is 1. The number of ketones is 1. The van der Waals surface area contributed by atoms with Gasteiger partial charge in [-0.15, -0.1) is 11.3 Å². The maximum absolute atomic E-state index is 12.2. The molecule has 0 amide bonds. The number of anilines is 1. The highest BCUT2D eigenvalue weighted by atomic mass is 32.1. The molecular weight excluding hydrogens is 348 g/mol. The monoisotopic (exact) mass is 372 g/mol. The lowest BCUT2D eigenvalue weighted by molar-refractivity contribution is 0.104. The predicted molar refractivity (Wildman–Crippen MR) is 104 cm³/mol. The normalized spacial score (nSPS) is 20.7. The Balaban J connectivity index is 1.67. The minimum atomic E-state index is 0.0475. The summed E-state index contributed by atoms with van der Waals surface area (Å²) in [5.74, 6) is 1.60. The molecule has 1 saturated heterocycles. The Kier molecular flexibility index (Phi) is 6.00. The molecule has 0 unspecified atom stereocenters. The lowest BCUT2D eigenvalue weighted by Gasteiger charge is -2.44. The number of hydrogen-bond donors (Lipinski definition) is 1. The number of rotatable bonds is 6. The topological polar surface area (TPSA) is 69.6 Å². The van der Waals surface area contributed by atoms with Crippen molar-refractivity contribution in [3.05, 3.63) is 52.8 Å². The molecule has 26 heavy (non-hydrogen) atoms. The molecule has 6 nitrogen and oxygen atoms in total. The molecule has 3 rings (SSSR count). The number of allylic oxidation sites excluding steroid dienone is 1. The Bertz CT molecular complexity index is 751. The Labute approximate surface area is 157 Å². The van der Waals surface area contributed by atoms with Gasteiger partial charge in [-0.1, -0.05) is 6.07 Å². The van der Waals surface area contributed by atoms with Gasteiger partial charge in [0.25, 0.3) is 0 Å². The fourth-order valence-corrected chi connectivity index (χ4v) is 3.90. The minimum absolute atomic E-state index is 0.0475. The first kappa shape index (κ1) is 18.5. The van der Waals surface area contributed by atoms with Crippen LogP contribution >= 0.6 is 11.3 Å². The number of aliphatic hydroxyl groups excluding tert-OH is 1. The Hall–Kier alpha value is -2.25. The Morgan fingerprint density at radius 1 is 1.35 bits per heavy atom. The van der Waals surface area contributed by atoms with Gasteiger partial charge in [0.1, 0.15) is 11.6 Å². The fraction of sp³-hybridized carbons (Fsp3) is 0.421. The molecule has 0 bridgehead atoms. The molecule has 2 aromatic rings. The second-order valence-corrected chi connectivity index (χ2v) is 7.46. The van der Waals surface area contributed by atoms with Crippen LogP contribution < -0.4 is 4.90 Å². The van der Waals surface area contributed by atoms with Crippen molar-refractivity contribution in [3.63, 3.8) is 0 Å². The summed E-state index contributed by atoms with van der Waals surface area (Å²) in [6, 6.07) is 6.15. The summed E-state index contributed by atoms with van der Waals surface area (Å²) in [5, 5.41) is 11.0. The third-order valence-corrected chi connectivity index (χ3v) is 5.38. The molecule has 1 aliphatic heterocycles. The zero-order chi connectivity index (χ0) is 18.5. The van der Waals surface area contributed by atoms with Gasteiger partial charge in [-0.05, 0) is 31.4 Å². The van der Waals surface area contributed by atoms with Crippen molar-refractivity contribution < 1.29 is 9.90 Å². The quantitative estimate of drug-likeness (QED) is 0.620. The first-order valence-electron chi connectivity index (χ1n) is 8.79. The fourth-order valence-electron chi connectivity index (χ4n) is 3.26. The number of aliphatic hydroxyl groups is 1. The summed E-state index contributed by atoms with van der Waals surface area (Å²) in [5.41, 5.74) is 0. The van der Waals surface area contributed by atoms with Gasteiger partial charge in [-0.2, -0.15) is 0 Å². The van der Waals surface area contributed by atoms with Gasteiger partial charge < -0.3 is 14.9 Å². The van der Waals surface area contributed by atoms with Crippen LogP contribution in [0.5, 0.6) is 0 Å². The van der Waals surface area contributed by atoms with Gasteiger partial charge >= 0.3 is 0 Å². The third kappa shape index (κ3) is 4.28. The van der Waals surface area contributed by atoms with Crippen molar-refractivity contribution in [2.45, 2.75) is 32.4 Å². The van der Waals surface area contributed by atoms with E-state index in [9.17, 15) is 4.79 Å². The van der Waals surface area contributed by atoms with Gasteiger partial charge in [-0.3, -0.25) is 4.79 Å². The number of thiophene rings is 1. The van der Waals surface area contributed by atoms with Crippen molar-refractivity contribution in [1.29, 1.82) is 0 Å². The van der Waals surface area contributed by atoms with Gasteiger partial charge in [0, 0.05) is 50.1 Å². The summed E-state index contributed by atoms with van der Waals surface area (Å²) in [6.45, 7) is 5.99. The van der Waals surface area contributed by atoms with E-state index in [2.05, 4.69) is 33.6 Å². The maximum Gasteiger partial charge on any atom is 0.197 e. The molecule has 1 aliphatic rings. The van der Waals surface area contributed by atoms with Crippen molar-refractivity contribution in [2.24, 2.45) is 0 Å². The smallest absolute Gasteiger partial charge is 0.197 e. The predicted octanol–water partition coefficient (Wildman–Crippen LogP) is 2.37. The summed E-state index contributed by atoms with van der Waals surface area (Å²) in [6.07, 6.45) is 5.80. The summed E-state index contributed by atoms with van der Waals surface area (Å²) >= 11 is 1.46. The van der Waals surface area contributed by atoms with E-state index in [1.54, 1.807) is 12.3 Å². The second-order valence-electron chi connectivity index (χ2n) is 6.51. The van der Waals surface area contributed by atoms with Crippen LogP contribution in [0.15, 0.2) is 42.1 Å². The van der Waals surface area contributed by atoms with Crippen LogP contribution in [-0.4, -0.2) is 57.5 Å². The molecule has 0 spiro atoms. The van der Waals surface area contributed by atoms with Gasteiger partial charge in [0.2, 0.25) is 0 Å². The third-order valence-electron chi connectivity index (χ3n) is 4.50. The molecule has 0 aliphatic carbocycles. The molecule has 3 heterocycles. The van der Waals surface area contributed by atoms with Gasteiger partial charge in [-0.25, -0.2) is 9.97 Å². The van der Waals surface area contributed by atoms with Crippen LogP contribution in [0, 0.1) is 0 Å². The number of aromatic nitrogens is 2. The SMILES string of the molecule is C[C@@H]1CN(c2ccnc(CCO)n2)C[C@H](C)N1C=CC(=O)c1cccs1. The second kappa shape index (κ2) is 8.42. The number of hydrogen-bond acceptors (Lipinski definition) is 7. The molecule has 2 atom stereocenters. The maximum atomic E-state index is 12.2. The lowest BCUT2D eigenvalue weighted by atomic mass is 10.1. The zero-order valence-corrected chi connectivity index (χ0v) is 15.9. The number of carbonyl (C=O) groups is 1. The largest absolute Gasteiger partial charge is 0.396 e. The van der Waals surface area contributed by atoms with Crippen LogP contribution in [0.25, 0.3) is 0 Å². The number of nitrogens with zero attached hydrogens (tertiary/aromatic N) is 4. The van der Waals surface area contributed by atoms with Crippen LogP contribution in [0.2, 0.25) is 0 Å². The zero-order valence-electron chi connectivity index (χ0n) is 15.1. The highest BCUT2D eigenvalue weighted by molar-refractivity contribution is 7.12. The van der Waals surface area contributed by atoms with E-state index in [4.69, 9.17) is 5.11 Å². The highest BCUT2D eigenvalue weighted by Crippen LogP contribution is 2.21. The summed E-state index contributed by atoms with van der Waals surface area (Å²) in [4.78, 5) is 26.2. The first-order valence-corrected chi connectivity index (χ1v) is 9.67. The Morgan fingerprint density at radius 2 is 2.12 bits per heavy atom. The molecule has 0 radical (unpaired) electrons. The lowest BCUT2D eigenvalue weighted by Crippen LogP contribution is -2.54. The molecular formula is C19H24N4O2S. The van der Waals surface area contributed by atoms with Crippen molar-refractivity contribution in [3.8, 4) is 0 Å². The average molecular weight is 372 g/mol. The van der Waals surface area contributed by atoms with Crippen LogP contribution in [0.4, 0.5) is 5.82 Å². The molecule has 7 heteroatoms. The molecule has 0 aromatic carbocycles. The van der Waals surface area contributed by atoms with E-state index in [0.29, 0.717) is 12.2 Å². The molecule has 2 aromatic heterocycles. The molecule has 0 saturated carbocycles. The molecule has 138 valence electrons. The van der Waals surface area contributed by atoms with Gasteiger partial charge in [0.15, 0.2) is 5.78 Å². The van der Waals surface area contributed by atoms with Crippen molar-refractivity contribution >= 4 is 22.9 Å². The first-order chi connectivity index (χ1) is 12.6. The van der Waals surface area contributed by atoms with E-state index >= 15 is 0 Å². The highest BCUT2D eigenvalue weighted by Gasteiger charge is 2.28. The van der Waals surface area contributed by atoms with Crippen LogP contribution in [0.3, 0.4) is 0 Å². The Morgan fingerprint density at radius 3 is 2.77 bits per heavy atom. The average Bonchev–Trinajstić information content (AvgIpc) is 3.16. The van der Waals surface area contributed by atoms with Gasteiger partial charge in [0.05, 0.1) is 11.5 Å². The molecule has 1 N–H and O–H groups in total. The van der Waals surface area contributed by atoms with Crippen LogP contribution in [-0.2, 0) is 6.42 Å². The van der Waals surface area contributed by atoms with E-state index in [-0.39, 0.29) is 24.5 Å². The van der Waals surface area contributed by atoms with Crippen molar-refractivity contribution in [2.75, 3.05) is 24.6 Å². The van der Waals surface area contributed by atoms with Crippen LogP contribution in [0.1, 0.15) is 29.3 Å². The minimum Gasteiger partial charge on any atom is -0.396 e. The van der Waals surface area contributed by atoms with E-state index < -0.39 is 0 Å². The summed E-state index contributed by atoms with van der Waals surface area (Å²) < 4.78 is 0. The summed E-state index contributed by atoms with van der Waals surface area (Å²) in [7, 11) is 0. The van der Waals surface area contributed by atoms with E-state index in [1.807, 2.05) is 29.8 Å². The standard InChI is InChI=1S/C19H24N4O2S/c1-14-12-22(19-5-8-20-18(21-19)7-10-24)13-15(2)23(14)9-6-16(25)17-4-3-11-26-17/h3-6,8-9,11,14-15,24H,7,10,12-13H2,1-2H3/t14-,15+. The van der Waals surface area contributed by atoms with Crippen molar-refractivity contribution in [1.82, 2.24) is 14.9 Å². The van der Waals surface area contributed by atoms with E-state index in [1.165, 1.54) is 11.3 Å². The molecule has 1 fully saturated rings. The number of carbonyl (C=O) groups excluding carboxylic acids is 1.